The molecule has 2 N–H and O–H groups in total. The first kappa shape index (κ1) is 21.0. The lowest BCUT2D eigenvalue weighted by Gasteiger charge is -2.31. The quantitative estimate of drug-likeness (QED) is 0.409. The molecule has 3 aromatic carbocycles. The molecule has 2 atom stereocenters. The van der Waals surface area contributed by atoms with Gasteiger partial charge in [-0.15, -0.1) is 0 Å². The second-order valence-electron chi connectivity index (χ2n) is 7.73. The third-order valence-corrected chi connectivity index (χ3v) is 5.43. The van der Waals surface area contributed by atoms with Crippen LogP contribution in [0.3, 0.4) is 0 Å². The molecule has 6 heteroatoms. The molecule has 31 heavy (non-hydrogen) atoms. The van der Waals surface area contributed by atoms with Gasteiger partial charge in [-0.05, 0) is 49.9 Å². The topological polar surface area (TPSA) is 67.0 Å². The van der Waals surface area contributed by atoms with Crippen LogP contribution in [0.1, 0.15) is 12.5 Å². The third-order valence-electron chi connectivity index (χ3n) is 5.43. The van der Waals surface area contributed by atoms with E-state index in [1.165, 1.54) is 0 Å². The lowest BCUT2D eigenvalue weighted by molar-refractivity contribution is -0.0492. The summed E-state index contributed by atoms with van der Waals surface area (Å²) in [7, 11) is 5.19. The van der Waals surface area contributed by atoms with Crippen molar-refractivity contribution in [3.05, 3.63) is 66.2 Å². The highest BCUT2D eigenvalue weighted by molar-refractivity contribution is 6.10. The van der Waals surface area contributed by atoms with Crippen molar-refractivity contribution in [1.82, 2.24) is 9.88 Å². The standard InChI is InChI=1S/C25H28N2O4/c1-16(28)25(27(2)15-17-12-18(29-3)14-19(13-17)30-4)31-23-11-7-10-22-24(23)20-8-5-6-9-21(20)26-22/h5-14,16,25-26,28H,15H2,1-4H3. The molecule has 0 fully saturated rings. The molecule has 0 aliphatic carbocycles. The fourth-order valence-electron chi connectivity index (χ4n) is 3.99. The first-order valence-electron chi connectivity index (χ1n) is 10.3. The molecule has 0 saturated carbocycles. The van der Waals surface area contributed by atoms with Crippen LogP contribution in [0, 0.1) is 0 Å². The molecule has 0 bridgehead atoms. The number of rotatable bonds is 8. The summed E-state index contributed by atoms with van der Waals surface area (Å²) in [5, 5.41) is 12.6. The lowest BCUT2D eigenvalue weighted by Crippen LogP contribution is -2.44. The van der Waals surface area contributed by atoms with Crippen LogP contribution < -0.4 is 14.2 Å². The summed E-state index contributed by atoms with van der Waals surface area (Å²) >= 11 is 0. The highest BCUT2D eigenvalue weighted by atomic mass is 16.5. The zero-order valence-corrected chi connectivity index (χ0v) is 18.3. The molecule has 1 aromatic heterocycles. The van der Waals surface area contributed by atoms with Crippen molar-refractivity contribution < 1.29 is 19.3 Å². The highest BCUT2D eigenvalue weighted by Gasteiger charge is 2.24. The number of nitrogens with zero attached hydrogens (tertiary/aromatic N) is 1. The zero-order valence-electron chi connectivity index (χ0n) is 18.3. The summed E-state index contributed by atoms with van der Waals surface area (Å²) in [6, 6.07) is 19.8. The Kier molecular flexibility index (Phi) is 6.02. The number of aliphatic hydroxyl groups is 1. The van der Waals surface area contributed by atoms with Crippen LogP contribution in [0.4, 0.5) is 0 Å². The fourth-order valence-corrected chi connectivity index (χ4v) is 3.99. The van der Waals surface area contributed by atoms with Crippen LogP contribution in [0.15, 0.2) is 60.7 Å². The van der Waals surface area contributed by atoms with Gasteiger partial charge in [-0.2, -0.15) is 0 Å². The van der Waals surface area contributed by atoms with Gasteiger partial charge in [0, 0.05) is 28.9 Å². The lowest BCUT2D eigenvalue weighted by atomic mass is 10.1. The van der Waals surface area contributed by atoms with E-state index in [4.69, 9.17) is 14.2 Å². The SMILES string of the molecule is COc1cc(CN(C)C(Oc2cccc3[nH]c4ccccc4c23)C(C)O)cc(OC)c1. The number of ether oxygens (including phenoxy) is 3. The molecule has 0 saturated heterocycles. The van der Waals surface area contributed by atoms with E-state index in [0.29, 0.717) is 6.54 Å². The third kappa shape index (κ3) is 4.31. The number of nitrogens with one attached hydrogen (secondary N) is 1. The Bertz CT molecular complexity index is 1160. The van der Waals surface area contributed by atoms with Crippen molar-refractivity contribution in [2.45, 2.75) is 25.8 Å². The molecule has 0 radical (unpaired) electrons. The van der Waals surface area contributed by atoms with Crippen molar-refractivity contribution in [2.24, 2.45) is 0 Å². The smallest absolute Gasteiger partial charge is 0.178 e. The zero-order chi connectivity index (χ0) is 22.0. The van der Waals surface area contributed by atoms with Crippen molar-refractivity contribution in [3.63, 3.8) is 0 Å². The van der Waals surface area contributed by atoms with Crippen molar-refractivity contribution in [1.29, 1.82) is 0 Å². The molecule has 0 spiro atoms. The number of para-hydroxylation sites is 1. The first-order chi connectivity index (χ1) is 15.0. The number of likely N-dealkylation sites (N-methyl/N-ethyl adjacent to an activating group) is 1. The molecule has 0 aliphatic rings. The van der Waals surface area contributed by atoms with Gasteiger partial charge in [-0.1, -0.05) is 24.3 Å². The summed E-state index contributed by atoms with van der Waals surface area (Å²) < 4.78 is 17.2. The van der Waals surface area contributed by atoms with Crippen LogP contribution in [-0.2, 0) is 6.54 Å². The molecule has 6 nitrogen and oxygen atoms in total. The summed E-state index contributed by atoms with van der Waals surface area (Å²) in [5.41, 5.74) is 3.06. The van der Waals surface area contributed by atoms with Gasteiger partial charge in [0.25, 0.3) is 0 Å². The van der Waals surface area contributed by atoms with Crippen LogP contribution in [-0.4, -0.2) is 48.6 Å². The van der Waals surface area contributed by atoms with Gasteiger partial charge in [0.1, 0.15) is 23.4 Å². The maximum absolute atomic E-state index is 10.5. The Morgan fingerprint density at radius 3 is 2.29 bits per heavy atom. The molecule has 2 unspecified atom stereocenters. The van der Waals surface area contributed by atoms with Crippen LogP contribution in [0.25, 0.3) is 21.8 Å². The Morgan fingerprint density at radius 1 is 0.935 bits per heavy atom. The van der Waals surface area contributed by atoms with E-state index in [9.17, 15) is 5.11 Å². The number of aromatic nitrogens is 1. The van der Waals surface area contributed by atoms with E-state index < -0.39 is 12.3 Å². The molecule has 4 rings (SSSR count). The summed E-state index contributed by atoms with van der Waals surface area (Å²) in [6.45, 7) is 2.29. The Hall–Kier alpha value is -3.22. The van der Waals surface area contributed by atoms with E-state index in [0.717, 1.165) is 44.6 Å². The summed E-state index contributed by atoms with van der Waals surface area (Å²) in [6.07, 6.45) is -1.26. The minimum Gasteiger partial charge on any atom is -0.497 e. The Balaban J connectivity index is 1.64. The molecule has 162 valence electrons. The predicted molar refractivity (Wildman–Crippen MR) is 123 cm³/mol. The maximum atomic E-state index is 10.5. The largest absolute Gasteiger partial charge is 0.497 e. The van der Waals surface area contributed by atoms with Gasteiger partial charge in [0.05, 0.1) is 19.7 Å². The monoisotopic (exact) mass is 420 g/mol. The average molecular weight is 421 g/mol. The van der Waals surface area contributed by atoms with Crippen molar-refractivity contribution in [2.75, 3.05) is 21.3 Å². The van der Waals surface area contributed by atoms with Gasteiger partial charge in [0.15, 0.2) is 6.23 Å². The van der Waals surface area contributed by atoms with Gasteiger partial charge < -0.3 is 24.3 Å². The molecule has 0 aliphatic heterocycles. The summed E-state index contributed by atoms with van der Waals surface area (Å²) in [4.78, 5) is 5.41. The minimum atomic E-state index is -0.710. The van der Waals surface area contributed by atoms with E-state index in [1.54, 1.807) is 21.1 Å². The first-order valence-corrected chi connectivity index (χ1v) is 10.3. The van der Waals surface area contributed by atoms with E-state index in [2.05, 4.69) is 11.1 Å². The number of aliphatic hydroxyl groups excluding tert-OH is 1. The molecule has 4 aromatic rings. The number of methoxy groups -OCH3 is 2. The van der Waals surface area contributed by atoms with E-state index in [-0.39, 0.29) is 0 Å². The van der Waals surface area contributed by atoms with Crippen molar-refractivity contribution in [3.8, 4) is 17.2 Å². The van der Waals surface area contributed by atoms with Crippen LogP contribution >= 0.6 is 0 Å². The van der Waals surface area contributed by atoms with Gasteiger partial charge >= 0.3 is 0 Å². The van der Waals surface area contributed by atoms with Crippen LogP contribution in [0.5, 0.6) is 17.2 Å². The Morgan fingerprint density at radius 2 is 1.61 bits per heavy atom. The van der Waals surface area contributed by atoms with E-state index >= 15 is 0 Å². The van der Waals surface area contributed by atoms with Gasteiger partial charge in [-0.25, -0.2) is 0 Å². The average Bonchev–Trinajstić information content (AvgIpc) is 3.16. The van der Waals surface area contributed by atoms with Gasteiger partial charge in [-0.3, -0.25) is 4.90 Å². The fraction of sp³-hybridized carbons (Fsp3) is 0.280. The predicted octanol–water partition coefficient (Wildman–Crippen LogP) is 4.56. The van der Waals surface area contributed by atoms with Crippen LogP contribution in [0.2, 0.25) is 0 Å². The minimum absolute atomic E-state index is 0.545. The number of H-pyrrole nitrogens is 1. The number of hydrogen-bond donors (Lipinski definition) is 2. The normalized spacial score (nSPS) is 13.5. The van der Waals surface area contributed by atoms with Gasteiger partial charge in [0.2, 0.25) is 0 Å². The second-order valence-corrected chi connectivity index (χ2v) is 7.73. The molecule has 0 amide bonds. The van der Waals surface area contributed by atoms with Crippen molar-refractivity contribution >= 4 is 21.8 Å². The number of benzene rings is 3. The number of fused-ring (bicyclic) bond motifs is 3. The van der Waals surface area contributed by atoms with E-state index in [1.807, 2.05) is 66.5 Å². The molecular weight excluding hydrogens is 392 g/mol. The number of hydrogen-bond acceptors (Lipinski definition) is 5. The highest BCUT2D eigenvalue weighted by Crippen LogP contribution is 2.34. The molecule has 1 heterocycles. The maximum Gasteiger partial charge on any atom is 0.178 e. The second kappa shape index (κ2) is 8.88. The Labute approximate surface area is 182 Å². The molecular formula is C25H28N2O4. The number of aromatic amines is 1. The summed E-state index contributed by atoms with van der Waals surface area (Å²) in [5.74, 6) is 2.18.